The number of carbonyl (C=O) groups is 1. The molecule has 2 amide bonds. The summed E-state index contributed by atoms with van der Waals surface area (Å²) in [5, 5.41) is 15.8. The molecule has 23 heavy (non-hydrogen) atoms. The fraction of sp³-hybridized carbons (Fsp3) is 0.353. The third-order valence-electron chi connectivity index (χ3n) is 3.68. The fourth-order valence-corrected chi connectivity index (χ4v) is 2.17. The molecule has 0 radical (unpaired) electrons. The maximum atomic E-state index is 12.1. The summed E-state index contributed by atoms with van der Waals surface area (Å²) in [7, 11) is 1.96. The molecule has 124 valence electrons. The van der Waals surface area contributed by atoms with E-state index in [-0.39, 0.29) is 12.6 Å². The number of benzene rings is 1. The minimum atomic E-state index is -1.26. The van der Waals surface area contributed by atoms with Crippen LogP contribution in [0, 0.1) is 0 Å². The van der Waals surface area contributed by atoms with Crippen molar-refractivity contribution in [3.05, 3.63) is 48.4 Å². The number of urea groups is 1. The molecule has 1 heterocycles. The quantitative estimate of drug-likeness (QED) is 0.765. The summed E-state index contributed by atoms with van der Waals surface area (Å²) in [4.78, 5) is 14.1. The SMILES string of the molecule is CCN(C)c1ccccc1NC(=O)NC[C@](C)(O)c1ccco1. The van der Waals surface area contributed by atoms with Crippen molar-refractivity contribution in [3.63, 3.8) is 0 Å². The van der Waals surface area contributed by atoms with Crippen LogP contribution in [0.15, 0.2) is 47.1 Å². The van der Waals surface area contributed by atoms with Gasteiger partial charge in [-0.05, 0) is 38.1 Å². The summed E-state index contributed by atoms with van der Waals surface area (Å²) in [5.74, 6) is 0.406. The molecule has 1 atom stereocenters. The van der Waals surface area contributed by atoms with Gasteiger partial charge in [0.1, 0.15) is 11.4 Å². The van der Waals surface area contributed by atoms with Crippen molar-refractivity contribution in [3.8, 4) is 0 Å². The highest BCUT2D eigenvalue weighted by atomic mass is 16.4. The van der Waals surface area contributed by atoms with Crippen LogP contribution < -0.4 is 15.5 Å². The monoisotopic (exact) mass is 317 g/mol. The van der Waals surface area contributed by atoms with Crippen LogP contribution in [0.1, 0.15) is 19.6 Å². The van der Waals surface area contributed by atoms with E-state index in [9.17, 15) is 9.90 Å². The molecule has 2 rings (SSSR count). The van der Waals surface area contributed by atoms with Gasteiger partial charge < -0.3 is 25.1 Å². The normalized spacial score (nSPS) is 13.2. The van der Waals surface area contributed by atoms with E-state index < -0.39 is 5.60 Å². The zero-order valence-corrected chi connectivity index (χ0v) is 13.7. The van der Waals surface area contributed by atoms with Crippen LogP contribution in [0.3, 0.4) is 0 Å². The fourth-order valence-electron chi connectivity index (χ4n) is 2.17. The van der Waals surface area contributed by atoms with Crippen molar-refractivity contribution in [1.29, 1.82) is 0 Å². The van der Waals surface area contributed by atoms with Gasteiger partial charge in [0, 0.05) is 13.6 Å². The first kappa shape index (κ1) is 16.9. The molecule has 0 aliphatic carbocycles. The number of hydrogen-bond acceptors (Lipinski definition) is 4. The van der Waals surface area contributed by atoms with E-state index in [4.69, 9.17) is 4.42 Å². The first-order valence-corrected chi connectivity index (χ1v) is 7.55. The summed E-state index contributed by atoms with van der Waals surface area (Å²) < 4.78 is 5.19. The van der Waals surface area contributed by atoms with Gasteiger partial charge in [0.25, 0.3) is 0 Å². The Bertz CT molecular complexity index is 638. The van der Waals surface area contributed by atoms with Crippen molar-refractivity contribution in [1.82, 2.24) is 5.32 Å². The van der Waals surface area contributed by atoms with Crippen LogP contribution in [-0.2, 0) is 5.60 Å². The molecule has 6 nitrogen and oxygen atoms in total. The number of furan rings is 1. The number of para-hydroxylation sites is 2. The van der Waals surface area contributed by atoms with Gasteiger partial charge in [0.05, 0.1) is 24.2 Å². The molecular formula is C17H23N3O3. The molecular weight excluding hydrogens is 294 g/mol. The number of rotatable bonds is 6. The van der Waals surface area contributed by atoms with Crippen LogP contribution in [0.5, 0.6) is 0 Å². The zero-order chi connectivity index (χ0) is 16.9. The van der Waals surface area contributed by atoms with E-state index in [1.165, 1.54) is 6.26 Å². The van der Waals surface area contributed by atoms with Gasteiger partial charge in [-0.3, -0.25) is 0 Å². The Balaban J connectivity index is 1.98. The Kier molecular flexibility index (Phi) is 5.28. The Morgan fingerprint density at radius 3 is 2.70 bits per heavy atom. The van der Waals surface area contributed by atoms with Crippen molar-refractivity contribution < 1.29 is 14.3 Å². The summed E-state index contributed by atoms with van der Waals surface area (Å²) >= 11 is 0. The van der Waals surface area contributed by atoms with Gasteiger partial charge in [-0.1, -0.05) is 12.1 Å². The molecule has 0 saturated carbocycles. The summed E-state index contributed by atoms with van der Waals surface area (Å²) in [6, 6.07) is 10.6. The van der Waals surface area contributed by atoms with E-state index in [1.54, 1.807) is 19.1 Å². The molecule has 0 unspecified atom stereocenters. The second-order valence-corrected chi connectivity index (χ2v) is 5.59. The highest BCUT2D eigenvalue weighted by Gasteiger charge is 2.26. The molecule has 3 N–H and O–H groups in total. The third kappa shape index (κ3) is 4.26. The second kappa shape index (κ2) is 7.19. The van der Waals surface area contributed by atoms with Gasteiger partial charge >= 0.3 is 6.03 Å². The van der Waals surface area contributed by atoms with Gasteiger partial charge in [-0.15, -0.1) is 0 Å². The zero-order valence-electron chi connectivity index (χ0n) is 13.7. The van der Waals surface area contributed by atoms with E-state index in [2.05, 4.69) is 10.6 Å². The van der Waals surface area contributed by atoms with Crippen molar-refractivity contribution in [2.24, 2.45) is 0 Å². The number of nitrogens with one attached hydrogen (secondary N) is 2. The summed E-state index contributed by atoms with van der Waals surface area (Å²) in [6.07, 6.45) is 1.49. The number of anilines is 2. The molecule has 1 aromatic heterocycles. The largest absolute Gasteiger partial charge is 0.466 e. The lowest BCUT2D eigenvalue weighted by Crippen LogP contribution is -2.40. The molecule has 0 aliphatic heterocycles. The highest BCUT2D eigenvalue weighted by Crippen LogP contribution is 2.24. The van der Waals surface area contributed by atoms with Gasteiger partial charge in [-0.25, -0.2) is 4.79 Å². The van der Waals surface area contributed by atoms with Crippen molar-refractivity contribution in [2.75, 3.05) is 30.4 Å². The Labute approximate surface area is 136 Å². The second-order valence-electron chi connectivity index (χ2n) is 5.59. The Hall–Kier alpha value is -2.47. The standard InChI is InChI=1S/C17H23N3O3/c1-4-20(3)14-9-6-5-8-13(14)19-16(21)18-12-17(2,22)15-10-7-11-23-15/h5-11,22H,4,12H2,1-3H3,(H2,18,19,21)/t17-/m0/s1. The maximum absolute atomic E-state index is 12.1. The predicted octanol–water partition coefficient (Wildman–Crippen LogP) is 2.76. The molecule has 0 spiro atoms. The minimum absolute atomic E-state index is 0.0398. The number of hydrogen-bond donors (Lipinski definition) is 3. The van der Waals surface area contributed by atoms with Crippen molar-refractivity contribution >= 4 is 17.4 Å². The molecule has 0 saturated heterocycles. The van der Waals surface area contributed by atoms with Crippen LogP contribution in [-0.4, -0.2) is 31.3 Å². The van der Waals surface area contributed by atoms with E-state index in [0.29, 0.717) is 11.4 Å². The minimum Gasteiger partial charge on any atom is -0.466 e. The van der Waals surface area contributed by atoms with Gasteiger partial charge in [-0.2, -0.15) is 0 Å². The highest BCUT2D eigenvalue weighted by molar-refractivity contribution is 5.93. The summed E-state index contributed by atoms with van der Waals surface area (Å²) in [6.45, 7) is 4.49. The van der Waals surface area contributed by atoms with Gasteiger partial charge in [0.2, 0.25) is 0 Å². The molecule has 1 aromatic carbocycles. The van der Waals surface area contributed by atoms with E-state index in [1.807, 2.05) is 43.1 Å². The van der Waals surface area contributed by atoms with Crippen LogP contribution in [0.2, 0.25) is 0 Å². The molecule has 0 aliphatic rings. The van der Waals surface area contributed by atoms with Crippen LogP contribution in [0.25, 0.3) is 0 Å². The molecule has 0 bridgehead atoms. The number of nitrogens with zero attached hydrogens (tertiary/aromatic N) is 1. The Morgan fingerprint density at radius 2 is 2.04 bits per heavy atom. The number of carbonyl (C=O) groups excluding carboxylic acids is 1. The Morgan fingerprint density at radius 1 is 1.30 bits per heavy atom. The lowest BCUT2D eigenvalue weighted by molar-refractivity contribution is 0.0372. The molecule has 2 aromatic rings. The summed E-state index contributed by atoms with van der Waals surface area (Å²) in [5.41, 5.74) is 0.385. The lowest BCUT2D eigenvalue weighted by atomic mass is 10.0. The third-order valence-corrected chi connectivity index (χ3v) is 3.68. The smallest absolute Gasteiger partial charge is 0.319 e. The average molecular weight is 317 g/mol. The van der Waals surface area contributed by atoms with Gasteiger partial charge in [0.15, 0.2) is 0 Å². The van der Waals surface area contributed by atoms with Crippen LogP contribution >= 0.6 is 0 Å². The number of amides is 2. The van der Waals surface area contributed by atoms with Crippen molar-refractivity contribution in [2.45, 2.75) is 19.4 Å². The first-order chi connectivity index (χ1) is 10.9. The number of aliphatic hydroxyl groups is 1. The average Bonchev–Trinajstić information content (AvgIpc) is 3.08. The van der Waals surface area contributed by atoms with E-state index >= 15 is 0 Å². The first-order valence-electron chi connectivity index (χ1n) is 7.55. The predicted molar refractivity (Wildman–Crippen MR) is 90.7 cm³/mol. The topological polar surface area (TPSA) is 77.7 Å². The molecule has 6 heteroatoms. The van der Waals surface area contributed by atoms with E-state index in [0.717, 1.165) is 12.2 Å². The lowest BCUT2D eigenvalue weighted by Gasteiger charge is -2.23. The van der Waals surface area contributed by atoms with Crippen LogP contribution in [0.4, 0.5) is 16.2 Å². The molecule has 0 fully saturated rings. The maximum Gasteiger partial charge on any atom is 0.319 e.